The summed E-state index contributed by atoms with van der Waals surface area (Å²) in [6.07, 6.45) is 1.60. The average Bonchev–Trinajstić information content (AvgIpc) is 2.66. The van der Waals surface area contributed by atoms with Gasteiger partial charge in [-0.2, -0.15) is 4.98 Å². The fourth-order valence-corrected chi connectivity index (χ4v) is 1.61. The van der Waals surface area contributed by atoms with Crippen LogP contribution in [0.2, 0.25) is 0 Å². The highest BCUT2D eigenvalue weighted by Crippen LogP contribution is 2.18. The molecule has 3 aromatic rings. The van der Waals surface area contributed by atoms with Crippen molar-refractivity contribution in [1.82, 2.24) is 19.6 Å². The van der Waals surface area contributed by atoms with E-state index in [2.05, 4.69) is 15.1 Å². The Balaban J connectivity index is 2.46. The number of hydrogen-bond donors (Lipinski definition) is 1. The molecule has 0 aliphatic rings. The van der Waals surface area contributed by atoms with Gasteiger partial charge in [0, 0.05) is 18.3 Å². The number of ether oxygens (including phenoxy) is 1. The lowest BCUT2D eigenvalue weighted by Gasteiger charge is -1.95. The second kappa shape index (κ2) is 3.06. The van der Waals surface area contributed by atoms with Gasteiger partial charge >= 0.3 is 0 Å². The van der Waals surface area contributed by atoms with Crippen LogP contribution < -0.4 is 10.3 Å². The zero-order valence-electron chi connectivity index (χ0n) is 8.47. The zero-order valence-corrected chi connectivity index (χ0v) is 8.47. The predicted octanol–water partition coefficient (Wildman–Crippen LogP) is 0.579. The van der Waals surface area contributed by atoms with Crippen LogP contribution in [0.25, 0.3) is 16.7 Å². The first kappa shape index (κ1) is 8.90. The molecule has 6 heteroatoms. The molecule has 0 aliphatic heterocycles. The lowest BCUT2D eigenvalue weighted by molar-refractivity contribution is 0.399. The molecule has 3 heterocycles. The maximum atomic E-state index is 11.2. The fraction of sp³-hybridized carbons (Fsp3) is 0.100. The van der Waals surface area contributed by atoms with E-state index in [0.29, 0.717) is 17.2 Å². The molecule has 0 saturated heterocycles. The standard InChI is InChI=1S/C10H8N4O2/c1-16-8-3-2-6-9(12-8)13-14-5-4-7(15)11-10(6)14/h2-5H,1H3,(H,11,15). The van der Waals surface area contributed by atoms with Gasteiger partial charge in [0.2, 0.25) is 5.88 Å². The van der Waals surface area contributed by atoms with Crippen molar-refractivity contribution in [3.63, 3.8) is 0 Å². The molecular weight excluding hydrogens is 208 g/mol. The van der Waals surface area contributed by atoms with Crippen molar-refractivity contribution in [3.8, 4) is 5.88 Å². The van der Waals surface area contributed by atoms with Gasteiger partial charge in [0.25, 0.3) is 5.56 Å². The Bertz CT molecular complexity index is 728. The minimum Gasteiger partial charge on any atom is -0.481 e. The van der Waals surface area contributed by atoms with Crippen LogP contribution in [-0.4, -0.2) is 26.7 Å². The van der Waals surface area contributed by atoms with Crippen molar-refractivity contribution in [2.75, 3.05) is 7.11 Å². The van der Waals surface area contributed by atoms with Gasteiger partial charge in [0.1, 0.15) is 5.65 Å². The smallest absolute Gasteiger partial charge is 0.251 e. The van der Waals surface area contributed by atoms with Gasteiger partial charge < -0.3 is 9.72 Å². The molecule has 0 unspecified atom stereocenters. The van der Waals surface area contributed by atoms with E-state index in [1.54, 1.807) is 23.9 Å². The van der Waals surface area contributed by atoms with Crippen molar-refractivity contribution in [1.29, 1.82) is 0 Å². The lowest BCUT2D eigenvalue weighted by Crippen LogP contribution is -2.05. The van der Waals surface area contributed by atoms with Gasteiger partial charge in [-0.3, -0.25) is 4.79 Å². The fourth-order valence-electron chi connectivity index (χ4n) is 1.61. The largest absolute Gasteiger partial charge is 0.481 e. The second-order valence-electron chi connectivity index (χ2n) is 3.32. The summed E-state index contributed by atoms with van der Waals surface area (Å²) in [6, 6.07) is 4.96. The molecule has 80 valence electrons. The van der Waals surface area contributed by atoms with Crippen LogP contribution >= 0.6 is 0 Å². The SMILES string of the molecule is COc1ccc2c(n1)nn1ccc(=O)[nH]c21. The Morgan fingerprint density at radius 2 is 2.25 bits per heavy atom. The van der Waals surface area contributed by atoms with E-state index < -0.39 is 0 Å². The Hall–Kier alpha value is -2.37. The van der Waals surface area contributed by atoms with Crippen LogP contribution in [0.4, 0.5) is 0 Å². The molecule has 0 fully saturated rings. The van der Waals surface area contributed by atoms with E-state index in [1.807, 2.05) is 6.07 Å². The molecule has 16 heavy (non-hydrogen) atoms. The summed E-state index contributed by atoms with van der Waals surface area (Å²) in [4.78, 5) is 18.1. The molecule has 0 aliphatic carbocycles. The number of H-pyrrole nitrogens is 1. The highest BCUT2D eigenvalue weighted by molar-refractivity contribution is 5.89. The molecule has 0 aromatic carbocycles. The van der Waals surface area contributed by atoms with E-state index in [1.165, 1.54) is 6.07 Å². The molecule has 1 N–H and O–H groups in total. The molecular formula is C10H8N4O2. The van der Waals surface area contributed by atoms with E-state index in [4.69, 9.17) is 4.74 Å². The summed E-state index contributed by atoms with van der Waals surface area (Å²) in [7, 11) is 1.55. The summed E-state index contributed by atoms with van der Waals surface area (Å²) in [5.41, 5.74) is 1.02. The highest BCUT2D eigenvalue weighted by atomic mass is 16.5. The van der Waals surface area contributed by atoms with Gasteiger partial charge in [0.05, 0.1) is 12.5 Å². The number of aromatic nitrogens is 4. The highest BCUT2D eigenvalue weighted by Gasteiger charge is 2.07. The molecule has 0 radical (unpaired) electrons. The van der Waals surface area contributed by atoms with Gasteiger partial charge in [-0.05, 0) is 6.07 Å². The lowest BCUT2D eigenvalue weighted by atomic mass is 10.3. The van der Waals surface area contributed by atoms with Gasteiger partial charge in [-0.25, -0.2) is 4.52 Å². The normalized spacial score (nSPS) is 11.1. The monoisotopic (exact) mass is 216 g/mol. The van der Waals surface area contributed by atoms with Crippen molar-refractivity contribution in [2.24, 2.45) is 0 Å². The second-order valence-corrected chi connectivity index (χ2v) is 3.32. The summed E-state index contributed by atoms with van der Waals surface area (Å²) in [6.45, 7) is 0. The molecule has 0 spiro atoms. The molecule has 3 rings (SSSR count). The van der Waals surface area contributed by atoms with Gasteiger partial charge in [0.15, 0.2) is 5.65 Å². The molecule has 0 amide bonds. The average molecular weight is 216 g/mol. The Labute approximate surface area is 89.5 Å². The first-order chi connectivity index (χ1) is 7.78. The van der Waals surface area contributed by atoms with Crippen LogP contribution in [0.5, 0.6) is 5.88 Å². The van der Waals surface area contributed by atoms with Crippen LogP contribution in [0.1, 0.15) is 0 Å². The molecule has 3 aromatic heterocycles. The Morgan fingerprint density at radius 1 is 1.38 bits per heavy atom. The van der Waals surface area contributed by atoms with E-state index in [9.17, 15) is 4.79 Å². The van der Waals surface area contributed by atoms with Crippen LogP contribution in [0.3, 0.4) is 0 Å². The Morgan fingerprint density at radius 3 is 3.06 bits per heavy atom. The summed E-state index contributed by atoms with van der Waals surface area (Å²) < 4.78 is 6.59. The van der Waals surface area contributed by atoms with Crippen molar-refractivity contribution in [3.05, 3.63) is 34.7 Å². The summed E-state index contributed by atoms with van der Waals surface area (Å²) in [5, 5.41) is 5.01. The third-order valence-electron chi connectivity index (χ3n) is 2.35. The van der Waals surface area contributed by atoms with Crippen LogP contribution in [-0.2, 0) is 0 Å². The van der Waals surface area contributed by atoms with Gasteiger partial charge in [-0.15, -0.1) is 5.10 Å². The number of fused-ring (bicyclic) bond motifs is 3. The number of nitrogens with zero attached hydrogens (tertiary/aromatic N) is 3. The maximum absolute atomic E-state index is 11.2. The van der Waals surface area contributed by atoms with E-state index >= 15 is 0 Å². The predicted molar refractivity (Wildman–Crippen MR) is 57.7 cm³/mol. The number of aromatic amines is 1. The zero-order chi connectivity index (χ0) is 11.1. The quantitative estimate of drug-likeness (QED) is 0.645. The summed E-state index contributed by atoms with van der Waals surface area (Å²) >= 11 is 0. The van der Waals surface area contributed by atoms with Crippen LogP contribution in [0.15, 0.2) is 29.2 Å². The number of rotatable bonds is 1. The topological polar surface area (TPSA) is 72.3 Å². The number of methoxy groups -OCH3 is 1. The Kier molecular flexibility index (Phi) is 1.70. The van der Waals surface area contributed by atoms with Crippen LogP contribution in [0, 0.1) is 0 Å². The third-order valence-corrected chi connectivity index (χ3v) is 2.35. The number of nitrogens with one attached hydrogen (secondary N) is 1. The minimum atomic E-state index is -0.162. The number of pyridine rings is 1. The summed E-state index contributed by atoms with van der Waals surface area (Å²) in [5.74, 6) is 0.498. The molecule has 0 saturated carbocycles. The third kappa shape index (κ3) is 1.16. The maximum Gasteiger partial charge on any atom is 0.251 e. The minimum absolute atomic E-state index is 0.162. The number of hydrogen-bond acceptors (Lipinski definition) is 4. The molecule has 6 nitrogen and oxygen atoms in total. The van der Waals surface area contributed by atoms with Crippen molar-refractivity contribution < 1.29 is 4.74 Å². The van der Waals surface area contributed by atoms with E-state index in [-0.39, 0.29) is 5.56 Å². The molecule has 0 atom stereocenters. The van der Waals surface area contributed by atoms with Gasteiger partial charge in [-0.1, -0.05) is 0 Å². The van der Waals surface area contributed by atoms with E-state index in [0.717, 1.165) is 5.39 Å². The molecule has 0 bridgehead atoms. The first-order valence-corrected chi connectivity index (χ1v) is 4.70. The van der Waals surface area contributed by atoms with Crippen molar-refractivity contribution in [2.45, 2.75) is 0 Å². The first-order valence-electron chi connectivity index (χ1n) is 4.70. The van der Waals surface area contributed by atoms with Crippen molar-refractivity contribution >= 4 is 16.7 Å².